The maximum atomic E-state index is 12.8. The van der Waals surface area contributed by atoms with E-state index in [9.17, 15) is 9.59 Å². The fraction of sp³-hybridized carbons (Fsp3) is 0.280. The Balaban J connectivity index is 1.49. The molecule has 0 aliphatic heterocycles. The van der Waals surface area contributed by atoms with Crippen LogP contribution >= 0.6 is 22.9 Å². The fourth-order valence-electron chi connectivity index (χ4n) is 4.81. The fourth-order valence-corrected chi connectivity index (χ4v) is 5.80. The molecule has 2 atom stereocenters. The molecule has 1 aliphatic carbocycles. The SMILES string of the molecule is NC(=O)c1ccc2c(c1)nc(-c1ccccn1)n2C1CCCC(CC(=O)c2ccc(Cl)s2)C1. The molecule has 2 N–H and O–H groups in total. The van der Waals surface area contributed by atoms with Gasteiger partial charge in [0.15, 0.2) is 11.6 Å². The summed E-state index contributed by atoms with van der Waals surface area (Å²) in [4.78, 5) is 34.6. The molecular formula is C25H23ClN4O2S. The number of hydrogen-bond donors (Lipinski definition) is 1. The number of benzene rings is 1. The van der Waals surface area contributed by atoms with Crippen LogP contribution in [0.5, 0.6) is 0 Å². The van der Waals surface area contributed by atoms with Crippen molar-refractivity contribution in [2.45, 2.75) is 38.1 Å². The Morgan fingerprint density at radius 2 is 2.03 bits per heavy atom. The van der Waals surface area contributed by atoms with Crippen LogP contribution in [0.4, 0.5) is 0 Å². The molecule has 1 saturated carbocycles. The van der Waals surface area contributed by atoms with Gasteiger partial charge in [0.25, 0.3) is 0 Å². The van der Waals surface area contributed by atoms with Gasteiger partial charge < -0.3 is 10.3 Å². The standard InChI is InChI=1S/C25H23ClN4O2S/c26-23-10-9-22(33-23)21(31)13-15-4-3-5-17(12-15)30-20-8-7-16(24(27)32)14-19(20)29-25(30)18-6-1-2-11-28-18/h1-2,6-11,14-15,17H,3-5,12-13H2,(H2,27,32). The van der Waals surface area contributed by atoms with E-state index in [-0.39, 0.29) is 17.7 Å². The lowest BCUT2D eigenvalue weighted by atomic mass is 9.82. The molecule has 0 spiro atoms. The van der Waals surface area contributed by atoms with E-state index >= 15 is 0 Å². The zero-order valence-corrected chi connectivity index (χ0v) is 19.5. The van der Waals surface area contributed by atoms with Crippen LogP contribution in [-0.2, 0) is 0 Å². The highest BCUT2D eigenvalue weighted by atomic mass is 35.5. The first kappa shape index (κ1) is 21.8. The van der Waals surface area contributed by atoms with E-state index in [1.165, 1.54) is 11.3 Å². The predicted molar refractivity (Wildman–Crippen MR) is 131 cm³/mol. The number of amides is 1. The van der Waals surface area contributed by atoms with Gasteiger partial charge in [-0.25, -0.2) is 4.98 Å². The van der Waals surface area contributed by atoms with E-state index in [2.05, 4.69) is 9.55 Å². The number of carbonyl (C=O) groups is 2. The number of primary amides is 1. The first-order chi connectivity index (χ1) is 16.0. The number of halogens is 1. The second kappa shape index (κ2) is 9.08. The molecule has 1 aliphatic rings. The molecule has 0 saturated heterocycles. The number of fused-ring (bicyclic) bond motifs is 1. The Morgan fingerprint density at radius 3 is 2.76 bits per heavy atom. The third-order valence-electron chi connectivity index (χ3n) is 6.31. The molecule has 1 amide bonds. The number of ketones is 1. The van der Waals surface area contributed by atoms with Crippen molar-refractivity contribution < 1.29 is 9.59 Å². The molecule has 1 fully saturated rings. The summed E-state index contributed by atoms with van der Waals surface area (Å²) in [6.07, 6.45) is 6.21. The third-order valence-corrected chi connectivity index (χ3v) is 7.58. The Bertz CT molecular complexity index is 1330. The Hall–Kier alpha value is -3.03. The van der Waals surface area contributed by atoms with Crippen molar-refractivity contribution in [1.82, 2.24) is 14.5 Å². The van der Waals surface area contributed by atoms with E-state index in [1.54, 1.807) is 24.4 Å². The van der Waals surface area contributed by atoms with Gasteiger partial charge in [-0.3, -0.25) is 14.6 Å². The minimum atomic E-state index is -0.476. The lowest BCUT2D eigenvalue weighted by Gasteiger charge is -2.31. The van der Waals surface area contributed by atoms with E-state index in [0.717, 1.165) is 53.1 Å². The monoisotopic (exact) mass is 478 g/mol. The topological polar surface area (TPSA) is 90.9 Å². The van der Waals surface area contributed by atoms with Gasteiger partial charge in [-0.1, -0.05) is 24.1 Å². The van der Waals surface area contributed by atoms with Crippen molar-refractivity contribution in [3.8, 4) is 11.5 Å². The van der Waals surface area contributed by atoms with Crippen molar-refractivity contribution in [2.24, 2.45) is 11.7 Å². The normalized spacial score (nSPS) is 18.5. The number of nitrogens with two attached hydrogens (primary N) is 1. The van der Waals surface area contributed by atoms with E-state index in [1.807, 2.05) is 30.3 Å². The number of Topliss-reactive ketones (excluding diaryl/α,β-unsaturated/α-hetero) is 1. The van der Waals surface area contributed by atoms with Crippen molar-refractivity contribution in [3.63, 3.8) is 0 Å². The average molecular weight is 479 g/mol. The highest BCUT2D eigenvalue weighted by molar-refractivity contribution is 7.18. The number of thiophene rings is 1. The van der Waals surface area contributed by atoms with Crippen molar-refractivity contribution in [3.05, 3.63) is 69.5 Å². The largest absolute Gasteiger partial charge is 0.366 e. The summed E-state index contributed by atoms with van der Waals surface area (Å²) in [7, 11) is 0. The molecule has 8 heteroatoms. The van der Waals surface area contributed by atoms with Gasteiger partial charge in [0.1, 0.15) is 5.69 Å². The lowest BCUT2D eigenvalue weighted by molar-refractivity contribution is 0.0944. The number of rotatable bonds is 6. The zero-order chi connectivity index (χ0) is 22.9. The maximum Gasteiger partial charge on any atom is 0.248 e. The number of pyridine rings is 1. The van der Waals surface area contributed by atoms with Gasteiger partial charge in [0, 0.05) is 24.2 Å². The number of imidazole rings is 1. The number of hydrogen-bond acceptors (Lipinski definition) is 5. The first-order valence-corrected chi connectivity index (χ1v) is 12.2. The van der Waals surface area contributed by atoms with Crippen molar-refractivity contribution in [2.75, 3.05) is 0 Å². The first-order valence-electron chi connectivity index (χ1n) is 11.0. The second-order valence-corrected chi connectivity index (χ2v) is 10.2. The quantitative estimate of drug-likeness (QED) is 0.348. The smallest absolute Gasteiger partial charge is 0.248 e. The highest BCUT2D eigenvalue weighted by Gasteiger charge is 2.29. The average Bonchev–Trinajstić information content (AvgIpc) is 3.43. The van der Waals surface area contributed by atoms with E-state index in [4.69, 9.17) is 22.3 Å². The van der Waals surface area contributed by atoms with Crippen LogP contribution in [0.3, 0.4) is 0 Å². The van der Waals surface area contributed by atoms with E-state index in [0.29, 0.717) is 16.3 Å². The Kier molecular flexibility index (Phi) is 6.00. The molecule has 4 aromatic rings. The number of aromatic nitrogens is 3. The van der Waals surface area contributed by atoms with Crippen LogP contribution in [-0.4, -0.2) is 26.2 Å². The molecule has 0 radical (unpaired) electrons. The third kappa shape index (κ3) is 4.43. The minimum Gasteiger partial charge on any atom is -0.366 e. The summed E-state index contributed by atoms with van der Waals surface area (Å²) in [5, 5.41) is 0. The summed E-state index contributed by atoms with van der Waals surface area (Å²) in [6.45, 7) is 0. The van der Waals surface area contributed by atoms with Gasteiger partial charge in [0.05, 0.1) is 20.2 Å². The molecular weight excluding hydrogens is 456 g/mol. The van der Waals surface area contributed by atoms with Crippen LogP contribution in [0.15, 0.2) is 54.7 Å². The molecule has 3 aromatic heterocycles. The van der Waals surface area contributed by atoms with Gasteiger partial charge >= 0.3 is 0 Å². The summed E-state index contributed by atoms with van der Waals surface area (Å²) in [6, 6.07) is 14.9. The molecule has 168 valence electrons. The Labute approximate surface area is 200 Å². The summed E-state index contributed by atoms with van der Waals surface area (Å²) in [5.74, 6) is 0.741. The van der Waals surface area contributed by atoms with Crippen LogP contribution < -0.4 is 5.73 Å². The van der Waals surface area contributed by atoms with Crippen LogP contribution in [0.25, 0.3) is 22.6 Å². The molecule has 2 unspecified atom stereocenters. The number of carbonyl (C=O) groups excluding carboxylic acids is 2. The van der Waals surface area contributed by atoms with Gasteiger partial charge in [-0.15, -0.1) is 11.3 Å². The molecule has 3 heterocycles. The van der Waals surface area contributed by atoms with Crippen LogP contribution in [0, 0.1) is 5.92 Å². The summed E-state index contributed by atoms with van der Waals surface area (Å²) >= 11 is 7.36. The molecule has 5 rings (SSSR count). The highest BCUT2D eigenvalue weighted by Crippen LogP contribution is 2.40. The summed E-state index contributed by atoms with van der Waals surface area (Å²) in [5.41, 5.74) is 8.37. The predicted octanol–water partition coefficient (Wildman–Crippen LogP) is 5.92. The second-order valence-electron chi connectivity index (χ2n) is 8.51. The maximum absolute atomic E-state index is 12.8. The van der Waals surface area contributed by atoms with Gasteiger partial charge in [-0.2, -0.15) is 0 Å². The molecule has 6 nitrogen and oxygen atoms in total. The van der Waals surface area contributed by atoms with E-state index < -0.39 is 5.91 Å². The summed E-state index contributed by atoms with van der Waals surface area (Å²) < 4.78 is 2.88. The minimum absolute atomic E-state index is 0.157. The Morgan fingerprint density at radius 1 is 1.15 bits per heavy atom. The molecule has 0 bridgehead atoms. The van der Waals surface area contributed by atoms with Crippen molar-refractivity contribution in [1.29, 1.82) is 0 Å². The lowest BCUT2D eigenvalue weighted by Crippen LogP contribution is -2.22. The van der Waals surface area contributed by atoms with Gasteiger partial charge in [-0.05, 0) is 67.6 Å². The van der Waals surface area contributed by atoms with Crippen LogP contribution in [0.1, 0.15) is 58.2 Å². The zero-order valence-electron chi connectivity index (χ0n) is 17.9. The number of nitrogens with zero attached hydrogens (tertiary/aromatic N) is 3. The molecule has 1 aromatic carbocycles. The van der Waals surface area contributed by atoms with Crippen LogP contribution in [0.2, 0.25) is 4.34 Å². The van der Waals surface area contributed by atoms with Crippen molar-refractivity contribution >= 4 is 45.7 Å². The molecule has 33 heavy (non-hydrogen) atoms. The van der Waals surface area contributed by atoms with Gasteiger partial charge in [0.2, 0.25) is 5.91 Å².